The normalized spacial score (nSPS) is 21.3. The van der Waals surface area contributed by atoms with Gasteiger partial charge in [-0.1, -0.05) is 0 Å². The molecule has 0 bridgehead atoms. The number of hydrogen-bond acceptors (Lipinski definition) is 3. The standard InChI is InChI=1S/C9H12N2O3/c12-9(13)5-8-10-2-3-11(8)7-1-4-14-6-7/h2-3,7H,1,4-6H2,(H,12,13). The minimum absolute atomic E-state index is 0.0243. The van der Waals surface area contributed by atoms with Crippen molar-refractivity contribution in [1.29, 1.82) is 0 Å². The van der Waals surface area contributed by atoms with E-state index in [4.69, 9.17) is 9.84 Å². The summed E-state index contributed by atoms with van der Waals surface area (Å²) in [6.45, 7) is 1.40. The molecule has 14 heavy (non-hydrogen) atoms. The largest absolute Gasteiger partial charge is 0.481 e. The lowest BCUT2D eigenvalue weighted by molar-refractivity contribution is -0.136. The Morgan fingerprint density at radius 2 is 2.64 bits per heavy atom. The number of hydrogen-bond donors (Lipinski definition) is 1. The van der Waals surface area contributed by atoms with Crippen molar-refractivity contribution in [3.8, 4) is 0 Å². The van der Waals surface area contributed by atoms with Crippen LogP contribution in [0.5, 0.6) is 0 Å². The number of rotatable bonds is 3. The highest BCUT2D eigenvalue weighted by atomic mass is 16.5. The Hall–Kier alpha value is -1.36. The molecule has 1 aliphatic heterocycles. The molecule has 2 heterocycles. The van der Waals surface area contributed by atoms with Crippen LogP contribution >= 0.6 is 0 Å². The third kappa shape index (κ3) is 1.77. The summed E-state index contributed by atoms with van der Waals surface area (Å²) in [6.07, 6.45) is 4.36. The van der Waals surface area contributed by atoms with E-state index >= 15 is 0 Å². The Morgan fingerprint density at radius 3 is 3.29 bits per heavy atom. The van der Waals surface area contributed by atoms with E-state index in [1.165, 1.54) is 0 Å². The van der Waals surface area contributed by atoms with Crippen LogP contribution in [-0.2, 0) is 16.0 Å². The van der Waals surface area contributed by atoms with Gasteiger partial charge in [-0.3, -0.25) is 4.79 Å². The second-order valence-corrected chi connectivity index (χ2v) is 3.34. The van der Waals surface area contributed by atoms with Crippen molar-refractivity contribution in [3.05, 3.63) is 18.2 Å². The first-order chi connectivity index (χ1) is 6.77. The minimum atomic E-state index is -0.851. The van der Waals surface area contributed by atoms with Crippen LogP contribution in [0.1, 0.15) is 18.3 Å². The topological polar surface area (TPSA) is 64.3 Å². The summed E-state index contributed by atoms with van der Waals surface area (Å²) < 4.78 is 7.15. The van der Waals surface area contributed by atoms with Gasteiger partial charge in [0.15, 0.2) is 0 Å². The predicted molar refractivity (Wildman–Crippen MR) is 48.0 cm³/mol. The highest BCUT2D eigenvalue weighted by Gasteiger charge is 2.20. The molecule has 0 radical (unpaired) electrons. The molecule has 1 aromatic heterocycles. The zero-order valence-corrected chi connectivity index (χ0v) is 7.72. The Bertz CT molecular complexity index is 329. The molecule has 1 fully saturated rings. The van der Waals surface area contributed by atoms with Gasteiger partial charge in [-0.2, -0.15) is 0 Å². The summed E-state index contributed by atoms with van der Waals surface area (Å²) in [5.41, 5.74) is 0. The molecule has 76 valence electrons. The monoisotopic (exact) mass is 196 g/mol. The fourth-order valence-corrected chi connectivity index (χ4v) is 1.69. The fraction of sp³-hybridized carbons (Fsp3) is 0.556. The molecule has 1 N–H and O–H groups in total. The van der Waals surface area contributed by atoms with Gasteiger partial charge in [0.25, 0.3) is 0 Å². The van der Waals surface area contributed by atoms with Gasteiger partial charge in [0.2, 0.25) is 0 Å². The average Bonchev–Trinajstić information content (AvgIpc) is 2.70. The summed E-state index contributed by atoms with van der Waals surface area (Å²) in [7, 11) is 0. The summed E-state index contributed by atoms with van der Waals surface area (Å²) in [4.78, 5) is 14.6. The molecule has 5 heteroatoms. The van der Waals surface area contributed by atoms with Crippen LogP contribution in [0.4, 0.5) is 0 Å². The van der Waals surface area contributed by atoms with Gasteiger partial charge in [-0.15, -0.1) is 0 Å². The molecule has 0 saturated carbocycles. The maximum absolute atomic E-state index is 10.5. The summed E-state index contributed by atoms with van der Waals surface area (Å²) >= 11 is 0. The third-order valence-corrected chi connectivity index (χ3v) is 2.36. The number of ether oxygens (including phenoxy) is 1. The Balaban J connectivity index is 2.15. The van der Waals surface area contributed by atoms with E-state index in [1.54, 1.807) is 6.20 Å². The van der Waals surface area contributed by atoms with Crippen LogP contribution in [0.25, 0.3) is 0 Å². The van der Waals surface area contributed by atoms with Gasteiger partial charge in [0.1, 0.15) is 12.2 Å². The van der Waals surface area contributed by atoms with E-state index in [1.807, 2.05) is 10.8 Å². The first kappa shape index (κ1) is 9.21. The van der Waals surface area contributed by atoms with Crippen LogP contribution in [0, 0.1) is 0 Å². The van der Waals surface area contributed by atoms with Gasteiger partial charge in [-0.25, -0.2) is 4.98 Å². The van der Waals surface area contributed by atoms with E-state index in [0.29, 0.717) is 12.4 Å². The van der Waals surface area contributed by atoms with E-state index in [0.717, 1.165) is 13.0 Å². The first-order valence-electron chi connectivity index (χ1n) is 4.58. The van der Waals surface area contributed by atoms with Crippen LogP contribution in [0.3, 0.4) is 0 Å². The Kier molecular flexibility index (Phi) is 2.49. The molecule has 1 unspecified atom stereocenters. The van der Waals surface area contributed by atoms with Gasteiger partial charge >= 0.3 is 5.97 Å². The maximum Gasteiger partial charge on any atom is 0.311 e. The molecule has 0 amide bonds. The fourth-order valence-electron chi connectivity index (χ4n) is 1.69. The second-order valence-electron chi connectivity index (χ2n) is 3.34. The molecule has 2 rings (SSSR count). The molecular weight excluding hydrogens is 184 g/mol. The number of aliphatic carboxylic acids is 1. The smallest absolute Gasteiger partial charge is 0.311 e. The number of imidazole rings is 1. The number of aromatic nitrogens is 2. The van der Waals surface area contributed by atoms with Gasteiger partial charge in [0.05, 0.1) is 12.6 Å². The first-order valence-corrected chi connectivity index (χ1v) is 4.58. The lowest BCUT2D eigenvalue weighted by Crippen LogP contribution is -2.14. The lowest BCUT2D eigenvalue weighted by Gasteiger charge is -2.12. The highest BCUT2D eigenvalue weighted by Crippen LogP contribution is 2.20. The van der Waals surface area contributed by atoms with Crippen LogP contribution in [0.15, 0.2) is 12.4 Å². The number of carboxylic acids is 1. The molecule has 0 aromatic carbocycles. The van der Waals surface area contributed by atoms with Crippen molar-refractivity contribution in [2.24, 2.45) is 0 Å². The van der Waals surface area contributed by atoms with Gasteiger partial charge < -0.3 is 14.4 Å². The van der Waals surface area contributed by atoms with Crippen molar-refractivity contribution >= 4 is 5.97 Å². The van der Waals surface area contributed by atoms with Crippen molar-refractivity contribution in [3.63, 3.8) is 0 Å². The Morgan fingerprint density at radius 1 is 1.79 bits per heavy atom. The van der Waals surface area contributed by atoms with Crippen LogP contribution in [-0.4, -0.2) is 33.8 Å². The van der Waals surface area contributed by atoms with Crippen molar-refractivity contribution in [1.82, 2.24) is 9.55 Å². The molecule has 1 atom stereocenters. The van der Waals surface area contributed by atoms with Crippen molar-refractivity contribution < 1.29 is 14.6 Å². The van der Waals surface area contributed by atoms with Crippen LogP contribution in [0.2, 0.25) is 0 Å². The van der Waals surface area contributed by atoms with Gasteiger partial charge in [0, 0.05) is 19.0 Å². The summed E-state index contributed by atoms with van der Waals surface area (Å²) in [5.74, 6) is -0.246. The molecule has 5 nitrogen and oxygen atoms in total. The maximum atomic E-state index is 10.5. The van der Waals surface area contributed by atoms with E-state index in [2.05, 4.69) is 4.98 Å². The minimum Gasteiger partial charge on any atom is -0.481 e. The van der Waals surface area contributed by atoms with Gasteiger partial charge in [-0.05, 0) is 6.42 Å². The third-order valence-electron chi connectivity index (χ3n) is 2.36. The quantitative estimate of drug-likeness (QED) is 0.763. The highest BCUT2D eigenvalue weighted by molar-refractivity contribution is 5.69. The van der Waals surface area contributed by atoms with E-state index < -0.39 is 5.97 Å². The summed E-state index contributed by atoms with van der Waals surface area (Å²) in [6, 6.07) is 0.256. The second kappa shape index (κ2) is 3.79. The number of carboxylic acid groups (broad SMARTS) is 1. The molecule has 0 aliphatic carbocycles. The molecular formula is C9H12N2O3. The number of carbonyl (C=O) groups is 1. The summed E-state index contributed by atoms with van der Waals surface area (Å²) in [5, 5.41) is 8.67. The van der Waals surface area contributed by atoms with E-state index in [9.17, 15) is 4.79 Å². The Labute approximate surface area is 81.3 Å². The SMILES string of the molecule is O=C(O)Cc1nccn1C1CCOC1. The zero-order valence-electron chi connectivity index (χ0n) is 7.72. The zero-order chi connectivity index (χ0) is 9.97. The molecule has 1 saturated heterocycles. The lowest BCUT2D eigenvalue weighted by atomic mass is 10.2. The van der Waals surface area contributed by atoms with E-state index in [-0.39, 0.29) is 12.5 Å². The average molecular weight is 196 g/mol. The number of nitrogens with zero attached hydrogens (tertiary/aromatic N) is 2. The predicted octanol–water partition coefficient (Wildman–Crippen LogP) is 0.472. The molecule has 1 aromatic rings. The van der Waals surface area contributed by atoms with Crippen molar-refractivity contribution in [2.45, 2.75) is 18.9 Å². The molecule has 1 aliphatic rings. The molecule has 0 spiro atoms. The van der Waals surface area contributed by atoms with Crippen LogP contribution < -0.4 is 0 Å². The van der Waals surface area contributed by atoms with Crippen molar-refractivity contribution in [2.75, 3.05) is 13.2 Å².